The summed E-state index contributed by atoms with van der Waals surface area (Å²) in [6.45, 7) is 1.51. The predicted molar refractivity (Wildman–Crippen MR) is 98.8 cm³/mol. The Morgan fingerprint density at radius 3 is 2.54 bits per heavy atom. The summed E-state index contributed by atoms with van der Waals surface area (Å²) in [5.74, 6) is -0.0293. The van der Waals surface area contributed by atoms with E-state index < -0.39 is 0 Å². The molecule has 1 N–H and O–H groups in total. The first-order valence-corrected chi connectivity index (χ1v) is 8.31. The van der Waals surface area contributed by atoms with Crippen molar-refractivity contribution >= 4 is 41.5 Å². The molecule has 1 amide bonds. The number of piperidine rings is 1. The topological polar surface area (TPSA) is 50.2 Å². The first-order valence-electron chi connectivity index (χ1n) is 7.56. The molecule has 0 spiro atoms. The van der Waals surface area contributed by atoms with Crippen molar-refractivity contribution in [2.24, 2.45) is 0 Å². The maximum Gasteiger partial charge on any atom is 0.274 e. The van der Waals surface area contributed by atoms with Gasteiger partial charge in [-0.3, -0.25) is 4.79 Å². The van der Waals surface area contributed by atoms with Gasteiger partial charge in [0.2, 0.25) is 0 Å². The van der Waals surface area contributed by atoms with Gasteiger partial charge in [0.25, 0.3) is 5.91 Å². The van der Waals surface area contributed by atoms with Gasteiger partial charge < -0.3 is 10.2 Å². The van der Waals surface area contributed by atoms with E-state index in [2.05, 4.69) is 10.4 Å². The number of hydrogen-bond acceptors (Lipinski definition) is 3. The lowest BCUT2D eigenvalue weighted by Gasteiger charge is -2.31. The first kappa shape index (κ1) is 19.1. The molecule has 0 saturated carbocycles. The van der Waals surface area contributed by atoms with Crippen molar-refractivity contribution in [3.8, 4) is 5.69 Å². The summed E-state index contributed by atoms with van der Waals surface area (Å²) >= 11 is 11.9. The molecule has 130 valence electrons. The molecule has 1 saturated heterocycles. The van der Waals surface area contributed by atoms with Gasteiger partial charge >= 0.3 is 0 Å². The zero-order valence-corrected chi connectivity index (χ0v) is 15.5. The quantitative estimate of drug-likeness (QED) is 0.875. The molecule has 1 fully saturated rings. The molecule has 2 aromatic rings. The van der Waals surface area contributed by atoms with Crippen LogP contribution in [0, 0.1) is 0 Å². The van der Waals surface area contributed by atoms with Crippen LogP contribution in [0.3, 0.4) is 0 Å². The molecule has 1 aliphatic rings. The van der Waals surface area contributed by atoms with Crippen LogP contribution in [0.5, 0.6) is 0 Å². The minimum Gasteiger partial charge on any atom is -0.337 e. The summed E-state index contributed by atoms with van der Waals surface area (Å²) in [5, 5.41) is 8.58. The van der Waals surface area contributed by atoms with E-state index in [9.17, 15) is 4.79 Å². The van der Waals surface area contributed by atoms with Crippen molar-refractivity contribution in [3.05, 3.63) is 46.2 Å². The van der Waals surface area contributed by atoms with Crippen molar-refractivity contribution in [2.45, 2.75) is 18.9 Å². The van der Waals surface area contributed by atoms with Crippen LogP contribution in [0.2, 0.25) is 10.0 Å². The molecule has 5 nitrogen and oxygen atoms in total. The fourth-order valence-electron chi connectivity index (χ4n) is 2.74. The zero-order valence-electron chi connectivity index (χ0n) is 13.2. The van der Waals surface area contributed by atoms with Gasteiger partial charge in [-0.25, -0.2) is 4.68 Å². The van der Waals surface area contributed by atoms with Gasteiger partial charge in [0.15, 0.2) is 5.69 Å². The van der Waals surface area contributed by atoms with Gasteiger partial charge in [-0.2, -0.15) is 5.10 Å². The van der Waals surface area contributed by atoms with Gasteiger partial charge in [-0.1, -0.05) is 23.2 Å². The lowest BCUT2D eigenvalue weighted by Crippen LogP contribution is -2.44. The number of halogens is 3. The van der Waals surface area contributed by atoms with Gasteiger partial charge in [-0.05, 0) is 44.2 Å². The van der Waals surface area contributed by atoms with Gasteiger partial charge in [0.05, 0.1) is 15.7 Å². The summed E-state index contributed by atoms with van der Waals surface area (Å²) in [5.41, 5.74) is 1.21. The second kappa shape index (κ2) is 8.21. The molecule has 1 aromatic heterocycles. The number of amides is 1. The number of likely N-dealkylation sites (tertiary alicyclic amines) is 1. The van der Waals surface area contributed by atoms with Crippen molar-refractivity contribution < 1.29 is 4.79 Å². The molecular weight excluding hydrogens is 371 g/mol. The number of nitrogens with one attached hydrogen (secondary N) is 1. The maximum absolute atomic E-state index is 12.5. The molecular formula is C16H19Cl3N4O. The highest BCUT2D eigenvalue weighted by Gasteiger charge is 2.24. The number of nitrogens with zero attached hydrogens (tertiary/aromatic N) is 3. The molecule has 0 radical (unpaired) electrons. The van der Waals surface area contributed by atoms with Crippen molar-refractivity contribution in [3.63, 3.8) is 0 Å². The van der Waals surface area contributed by atoms with E-state index in [0.29, 0.717) is 21.8 Å². The van der Waals surface area contributed by atoms with Crippen LogP contribution in [0.15, 0.2) is 30.5 Å². The summed E-state index contributed by atoms with van der Waals surface area (Å²) in [7, 11) is 1.96. The van der Waals surface area contributed by atoms with Gasteiger partial charge in [-0.15, -0.1) is 12.4 Å². The lowest BCUT2D eigenvalue weighted by atomic mass is 10.1. The van der Waals surface area contributed by atoms with E-state index >= 15 is 0 Å². The average Bonchev–Trinajstić information content (AvgIpc) is 3.07. The maximum atomic E-state index is 12.5. The number of aromatic nitrogens is 2. The smallest absolute Gasteiger partial charge is 0.274 e. The average molecular weight is 390 g/mol. The molecule has 0 atom stereocenters. The Morgan fingerprint density at radius 2 is 1.92 bits per heavy atom. The first-order chi connectivity index (χ1) is 11.1. The summed E-state index contributed by atoms with van der Waals surface area (Å²) < 4.78 is 1.63. The normalized spacial score (nSPS) is 15.2. The van der Waals surface area contributed by atoms with Crippen LogP contribution in [-0.4, -0.2) is 46.8 Å². The largest absolute Gasteiger partial charge is 0.337 e. The monoisotopic (exact) mass is 388 g/mol. The molecule has 0 unspecified atom stereocenters. The molecule has 24 heavy (non-hydrogen) atoms. The zero-order chi connectivity index (χ0) is 16.4. The second-order valence-corrected chi connectivity index (χ2v) is 6.41. The predicted octanol–water partition coefficient (Wildman–Crippen LogP) is 3.42. The van der Waals surface area contributed by atoms with E-state index in [4.69, 9.17) is 23.2 Å². The molecule has 0 bridgehead atoms. The highest BCUT2D eigenvalue weighted by molar-refractivity contribution is 6.42. The van der Waals surface area contributed by atoms with Gasteiger partial charge in [0, 0.05) is 25.3 Å². The molecule has 1 aromatic carbocycles. The Hall–Kier alpha value is -1.27. The number of carbonyl (C=O) groups is 1. The third-order valence-electron chi connectivity index (χ3n) is 4.17. The Bertz CT molecular complexity index is 711. The number of rotatable bonds is 3. The van der Waals surface area contributed by atoms with E-state index in [1.165, 1.54) is 0 Å². The lowest BCUT2D eigenvalue weighted by molar-refractivity contribution is 0.0701. The number of benzene rings is 1. The third kappa shape index (κ3) is 4.03. The van der Waals surface area contributed by atoms with Crippen LogP contribution in [0.1, 0.15) is 23.3 Å². The van der Waals surface area contributed by atoms with Crippen LogP contribution >= 0.6 is 35.6 Å². The standard InChI is InChI=1S/C16H18Cl2N4O.ClH/c1-19-11-4-7-21(8-5-11)16(23)15-6-9-22(20-15)12-2-3-13(17)14(18)10-12;/h2-3,6,9-11,19H,4-5,7-8H2,1H3;1H. The molecule has 1 aliphatic heterocycles. The second-order valence-electron chi connectivity index (χ2n) is 5.60. The van der Waals surface area contributed by atoms with Crippen molar-refractivity contribution in [1.29, 1.82) is 0 Å². The fraction of sp³-hybridized carbons (Fsp3) is 0.375. The molecule has 0 aliphatic carbocycles. The Morgan fingerprint density at radius 1 is 1.21 bits per heavy atom. The van der Waals surface area contributed by atoms with Crippen molar-refractivity contribution in [2.75, 3.05) is 20.1 Å². The SMILES string of the molecule is CNC1CCN(C(=O)c2ccn(-c3ccc(Cl)c(Cl)c3)n2)CC1.Cl. The van der Waals surface area contributed by atoms with E-state index in [1.54, 1.807) is 29.1 Å². The van der Waals surface area contributed by atoms with Crippen LogP contribution < -0.4 is 5.32 Å². The minimum atomic E-state index is -0.0293. The highest BCUT2D eigenvalue weighted by atomic mass is 35.5. The number of carbonyl (C=O) groups excluding carboxylic acids is 1. The van der Waals surface area contributed by atoms with Crippen LogP contribution in [-0.2, 0) is 0 Å². The van der Waals surface area contributed by atoms with E-state index in [0.717, 1.165) is 31.6 Å². The van der Waals surface area contributed by atoms with Crippen LogP contribution in [0.4, 0.5) is 0 Å². The summed E-state index contributed by atoms with van der Waals surface area (Å²) in [4.78, 5) is 14.4. The van der Waals surface area contributed by atoms with Gasteiger partial charge in [0.1, 0.15) is 0 Å². The van der Waals surface area contributed by atoms with Crippen molar-refractivity contribution in [1.82, 2.24) is 20.0 Å². The highest BCUT2D eigenvalue weighted by Crippen LogP contribution is 2.24. The Kier molecular flexibility index (Phi) is 6.52. The summed E-state index contributed by atoms with van der Waals surface area (Å²) in [6.07, 6.45) is 3.69. The fourth-order valence-corrected chi connectivity index (χ4v) is 3.03. The van der Waals surface area contributed by atoms with E-state index in [-0.39, 0.29) is 18.3 Å². The Balaban J connectivity index is 0.00000208. The molecule has 8 heteroatoms. The number of hydrogen-bond donors (Lipinski definition) is 1. The van der Waals surface area contributed by atoms with Crippen LogP contribution in [0.25, 0.3) is 5.69 Å². The minimum absolute atomic E-state index is 0. The molecule has 2 heterocycles. The third-order valence-corrected chi connectivity index (χ3v) is 4.91. The summed E-state index contributed by atoms with van der Waals surface area (Å²) in [6, 6.07) is 7.48. The Labute approximate surface area is 157 Å². The van der Waals surface area contributed by atoms with E-state index in [1.807, 2.05) is 18.0 Å². The molecule has 3 rings (SSSR count).